The second-order valence-corrected chi connectivity index (χ2v) is 17.9. The minimum absolute atomic E-state index is 0.135. The Balaban J connectivity index is 1.15. The zero-order valence-electron chi connectivity index (χ0n) is 37.5. The SMILES string of the molecule is O=C(OC[C@]1(O)CCCC[C@@H]1CCc1cc2[nH]c1c(-c1ccccc1)c1nc(c(-c3ccccc3)c3nc(c(-c4ccccc4)c4ccc([nH]4)c2-c2ccccc2)C=C3)C=C1)c1ccc(F)cc1. The smallest absolute Gasteiger partial charge is 0.338 e. The maximum Gasteiger partial charge on any atom is 0.338 e. The number of nitrogens with one attached hydrogen (secondary N) is 2. The van der Waals surface area contributed by atoms with Crippen molar-refractivity contribution in [2.75, 3.05) is 6.61 Å². The molecule has 7 nitrogen and oxygen atoms in total. The summed E-state index contributed by atoms with van der Waals surface area (Å²) in [6.07, 6.45) is 12.8. The van der Waals surface area contributed by atoms with Crippen LogP contribution in [0.2, 0.25) is 0 Å². The van der Waals surface area contributed by atoms with Crippen LogP contribution in [0.4, 0.5) is 4.39 Å². The van der Waals surface area contributed by atoms with Crippen LogP contribution in [-0.2, 0) is 11.2 Å². The molecule has 3 aromatic heterocycles. The lowest BCUT2D eigenvalue weighted by molar-refractivity contribution is -0.0931. The van der Waals surface area contributed by atoms with Gasteiger partial charge in [-0.05, 0) is 126 Å². The first kappa shape index (κ1) is 42.7. The fraction of sp³-hybridized carbons (Fsp3) is 0.150. The number of hydrogen-bond donors (Lipinski definition) is 3. The molecule has 5 heterocycles. The summed E-state index contributed by atoms with van der Waals surface area (Å²) in [6.45, 7) is -0.135. The highest BCUT2D eigenvalue weighted by Gasteiger charge is 2.40. The Morgan fingerprint density at radius 1 is 0.588 bits per heavy atom. The molecule has 8 heteroatoms. The van der Waals surface area contributed by atoms with E-state index in [0.717, 1.165) is 114 Å². The third kappa shape index (κ3) is 8.39. The van der Waals surface area contributed by atoms with Crippen LogP contribution in [0.3, 0.4) is 0 Å². The number of H-pyrrole nitrogens is 2. The molecule has 0 unspecified atom stereocenters. The van der Waals surface area contributed by atoms with Gasteiger partial charge < -0.3 is 19.8 Å². The van der Waals surface area contributed by atoms with E-state index in [0.29, 0.717) is 19.3 Å². The molecule has 5 aromatic carbocycles. The van der Waals surface area contributed by atoms with Gasteiger partial charge in [0.2, 0.25) is 0 Å². The molecule has 2 atom stereocenters. The molecule has 8 aromatic rings. The lowest BCUT2D eigenvalue weighted by Gasteiger charge is -2.39. The summed E-state index contributed by atoms with van der Waals surface area (Å²) < 4.78 is 19.5. The van der Waals surface area contributed by atoms with Crippen molar-refractivity contribution in [3.63, 3.8) is 0 Å². The maximum atomic E-state index is 13.7. The highest BCUT2D eigenvalue weighted by molar-refractivity contribution is 6.01. The number of aromatic nitrogens is 4. The van der Waals surface area contributed by atoms with Crippen LogP contribution in [0.15, 0.2) is 164 Å². The van der Waals surface area contributed by atoms with E-state index in [9.17, 15) is 14.3 Å². The number of nitrogens with zero attached hydrogens (tertiary/aromatic N) is 2. The van der Waals surface area contributed by atoms with Crippen molar-refractivity contribution in [1.29, 1.82) is 0 Å². The van der Waals surface area contributed by atoms with Crippen molar-refractivity contribution in [3.8, 4) is 44.5 Å². The molecule has 334 valence electrons. The molecule has 0 amide bonds. The Hall–Kier alpha value is -7.94. The number of rotatable bonds is 10. The van der Waals surface area contributed by atoms with E-state index in [4.69, 9.17) is 14.7 Å². The fourth-order valence-electron chi connectivity index (χ4n) is 10.3. The maximum absolute atomic E-state index is 13.7. The number of halogens is 1. The standard InChI is InChI=1S/C60H49FN4O3/c61-46-28-25-43(26-29-46)59(66)68-38-60(67)36-14-13-23-45(60)27-24-44-37-53-56(41-19-9-3-10-20-41)51-33-32-49(63-51)54(39-15-5-1-6-16-39)47-30-31-48(62-47)55(40-17-7-2-8-18-40)50-34-35-52(64-50)57(58(44)65-53)42-21-11-4-12-22-42/h1-12,15-22,25-26,28-35,37,45,63,65,67H,13-14,23-24,27,36,38H2/t45-,60-/m1/s1. The third-order valence-corrected chi connectivity index (χ3v) is 13.7. The number of benzene rings is 5. The number of ether oxygens (including phenoxy) is 1. The number of fused-ring (bicyclic) bond motifs is 8. The van der Waals surface area contributed by atoms with Gasteiger partial charge in [-0.25, -0.2) is 19.2 Å². The third-order valence-electron chi connectivity index (χ3n) is 13.7. The molecule has 11 rings (SSSR count). The molecular weight excluding hydrogens is 844 g/mol. The van der Waals surface area contributed by atoms with E-state index in [1.807, 2.05) is 24.3 Å². The van der Waals surface area contributed by atoms with Gasteiger partial charge in [-0.2, -0.15) is 0 Å². The number of hydrogen-bond acceptors (Lipinski definition) is 5. The van der Waals surface area contributed by atoms with E-state index >= 15 is 0 Å². The van der Waals surface area contributed by atoms with E-state index < -0.39 is 17.4 Å². The van der Waals surface area contributed by atoms with E-state index in [1.165, 1.54) is 24.3 Å². The predicted octanol–water partition coefficient (Wildman–Crippen LogP) is 14.2. The van der Waals surface area contributed by atoms with Gasteiger partial charge in [-0.3, -0.25) is 0 Å². The highest BCUT2D eigenvalue weighted by Crippen LogP contribution is 2.42. The first-order valence-corrected chi connectivity index (χ1v) is 23.4. The van der Waals surface area contributed by atoms with Crippen LogP contribution in [0.5, 0.6) is 0 Å². The lowest BCUT2D eigenvalue weighted by atomic mass is 9.73. The Morgan fingerprint density at radius 2 is 1.09 bits per heavy atom. The monoisotopic (exact) mass is 892 g/mol. The molecule has 0 saturated heterocycles. The molecule has 3 aliphatic rings. The summed E-state index contributed by atoms with van der Waals surface area (Å²) in [4.78, 5) is 31.9. The molecule has 0 radical (unpaired) electrons. The van der Waals surface area contributed by atoms with Gasteiger partial charge in [0.25, 0.3) is 0 Å². The summed E-state index contributed by atoms with van der Waals surface area (Å²) in [5, 5.41) is 12.3. The van der Waals surface area contributed by atoms with Gasteiger partial charge in [0.1, 0.15) is 18.0 Å². The van der Waals surface area contributed by atoms with Crippen LogP contribution in [0.1, 0.15) is 70.8 Å². The summed E-state index contributed by atoms with van der Waals surface area (Å²) in [6, 6.07) is 53.5. The van der Waals surface area contributed by atoms with Gasteiger partial charge in [0.05, 0.1) is 33.9 Å². The number of aryl methyl sites for hydroxylation is 1. The summed E-state index contributed by atoms with van der Waals surface area (Å²) in [7, 11) is 0. The van der Waals surface area contributed by atoms with Crippen LogP contribution in [0, 0.1) is 11.7 Å². The van der Waals surface area contributed by atoms with Crippen molar-refractivity contribution in [2.24, 2.45) is 5.92 Å². The summed E-state index contributed by atoms with van der Waals surface area (Å²) >= 11 is 0. The zero-order valence-corrected chi connectivity index (χ0v) is 37.5. The number of aromatic amines is 2. The van der Waals surface area contributed by atoms with Crippen LogP contribution in [-0.4, -0.2) is 43.2 Å². The summed E-state index contributed by atoms with van der Waals surface area (Å²) in [5.74, 6) is -1.15. The summed E-state index contributed by atoms with van der Waals surface area (Å²) in [5.41, 5.74) is 15.2. The normalized spacial score (nSPS) is 16.5. The van der Waals surface area contributed by atoms with Gasteiger partial charge in [-0.15, -0.1) is 0 Å². The molecular formula is C60H49FN4O3. The second-order valence-electron chi connectivity index (χ2n) is 17.9. The molecule has 68 heavy (non-hydrogen) atoms. The average Bonchev–Trinajstić information content (AvgIpc) is 4.23. The van der Waals surface area contributed by atoms with Gasteiger partial charge in [0, 0.05) is 38.8 Å². The number of carbonyl (C=O) groups excluding carboxylic acids is 1. The molecule has 0 spiro atoms. The van der Waals surface area contributed by atoms with E-state index in [-0.39, 0.29) is 18.1 Å². The number of esters is 1. The number of aliphatic hydroxyl groups is 1. The Bertz CT molecular complexity index is 3380. The lowest BCUT2D eigenvalue weighted by Crippen LogP contribution is -2.45. The van der Waals surface area contributed by atoms with Crippen molar-refractivity contribution >= 4 is 52.3 Å². The predicted molar refractivity (Wildman–Crippen MR) is 273 cm³/mol. The molecule has 8 bridgehead atoms. The second kappa shape index (κ2) is 18.4. The van der Waals surface area contributed by atoms with Gasteiger partial charge in [0.15, 0.2) is 0 Å². The van der Waals surface area contributed by atoms with Crippen molar-refractivity contribution in [2.45, 2.75) is 44.1 Å². The zero-order chi connectivity index (χ0) is 46.0. The van der Waals surface area contributed by atoms with Crippen molar-refractivity contribution in [1.82, 2.24) is 19.9 Å². The van der Waals surface area contributed by atoms with Gasteiger partial charge in [-0.1, -0.05) is 134 Å². The Kier molecular flexibility index (Phi) is 11.5. The van der Waals surface area contributed by atoms with Crippen molar-refractivity contribution in [3.05, 3.63) is 204 Å². The highest BCUT2D eigenvalue weighted by atomic mass is 19.1. The minimum Gasteiger partial charge on any atom is -0.459 e. The first-order chi connectivity index (χ1) is 33.4. The van der Waals surface area contributed by atoms with E-state index in [2.05, 4.69) is 150 Å². The first-order valence-electron chi connectivity index (χ1n) is 23.4. The number of carbonyl (C=O) groups is 1. The fourth-order valence-corrected chi connectivity index (χ4v) is 10.3. The molecule has 1 aliphatic carbocycles. The van der Waals surface area contributed by atoms with E-state index in [1.54, 1.807) is 0 Å². The van der Waals surface area contributed by atoms with Crippen LogP contribution >= 0.6 is 0 Å². The van der Waals surface area contributed by atoms with Gasteiger partial charge >= 0.3 is 5.97 Å². The Morgan fingerprint density at radius 3 is 1.68 bits per heavy atom. The molecule has 3 N–H and O–H groups in total. The van der Waals surface area contributed by atoms with Crippen molar-refractivity contribution < 1.29 is 19.0 Å². The average molecular weight is 893 g/mol. The largest absolute Gasteiger partial charge is 0.459 e. The molecule has 1 saturated carbocycles. The van der Waals surface area contributed by atoms with Crippen LogP contribution < -0.4 is 0 Å². The van der Waals surface area contributed by atoms with Crippen LogP contribution in [0.25, 0.3) is 90.9 Å². The topological polar surface area (TPSA) is 104 Å². The minimum atomic E-state index is -1.22. The molecule has 2 aliphatic heterocycles. The molecule has 1 fully saturated rings. The quantitative estimate of drug-likeness (QED) is 0.119. The Labute approximate surface area is 394 Å².